The monoisotopic (exact) mass is 1630 g/mol. The second-order valence-corrected chi connectivity index (χ2v) is 30.0. The van der Waals surface area contributed by atoms with Crippen LogP contribution in [-0.2, 0) is 58.7 Å². The number of piperidine rings is 2. The fourth-order valence-corrected chi connectivity index (χ4v) is 15.1. The lowest BCUT2D eigenvalue weighted by Gasteiger charge is -2.38. The average molecular weight is 1630 g/mol. The van der Waals surface area contributed by atoms with Gasteiger partial charge in [-0.3, -0.25) is 57.8 Å². The number of piperazine rings is 1. The number of nitrogens with zero attached hydrogens (tertiary/aromatic N) is 22. The van der Waals surface area contributed by atoms with Crippen molar-refractivity contribution in [2.24, 2.45) is 18.7 Å². The highest BCUT2D eigenvalue weighted by Gasteiger charge is 2.37. The topological polar surface area (TPSA) is 431 Å². The summed E-state index contributed by atoms with van der Waals surface area (Å²) in [6.07, 6.45) is 20.4. The molecule has 0 radical (unpaired) electrons. The van der Waals surface area contributed by atoms with Gasteiger partial charge >= 0.3 is 11.7 Å². The molecule has 5 fully saturated rings. The van der Waals surface area contributed by atoms with Gasteiger partial charge in [0.15, 0.2) is 11.3 Å². The molecule has 14 heterocycles. The van der Waals surface area contributed by atoms with E-state index in [0.717, 1.165) is 98.6 Å². The number of aromatic nitrogens is 19. The van der Waals surface area contributed by atoms with E-state index in [9.17, 15) is 47.5 Å². The van der Waals surface area contributed by atoms with Crippen LogP contribution >= 0.6 is 0 Å². The van der Waals surface area contributed by atoms with Gasteiger partial charge in [-0.15, -0.1) is 0 Å². The van der Waals surface area contributed by atoms with E-state index < -0.39 is 11.9 Å². The molecule has 628 valence electrons. The van der Waals surface area contributed by atoms with Gasteiger partial charge in [-0.05, 0) is 141 Å². The van der Waals surface area contributed by atoms with E-state index in [4.69, 9.17) is 15.3 Å². The van der Waals surface area contributed by atoms with Gasteiger partial charge in [-0.25, -0.2) is 63.0 Å². The first-order valence-electron chi connectivity index (χ1n) is 40.1. The zero-order valence-corrected chi connectivity index (χ0v) is 68.0. The first kappa shape index (κ1) is 85.5. The standard InChI is InChI=1S/C20H23N3O3.C19H19FN6O.C15H23N7O2.C15H22N4O3.C12H14N6O2/c21-20(26)17-5-3-4-15(13-17)12-16-7-10-23(14-16)19(25)8-11-22-9-2-1-6-18(22)24;1-11-7-17-21-13(9-18(27)26(17)24-11)10-25-6-2-3-16(25)19-22-14-5-4-12(20)8-15(14)23-19;1-4-21-13(18-19(3)15(21)24)12-5-7-20(8-6-12)14(23)11(2)22-10-16-9-17-22;1-5-13-16-8-12(9-17-13)15(21)18-6-7-19(22-10(2)3)14(20)11(18)4;19-11(10-8-15-17-16-10)18-6-2-9(3-7-18)20-12-13-4-1-5-14-12/h1-6,9,13,16H,7-8,10-12,14H2,(H2,21,26);4-5,7-9,16,24H,2-3,6,10H2,1H3,(H,22,23);9-12H,4-8H2,1-3H3;8-11H,5-7H2,1-4H3;1,4-5,8-9H,2-3,6-7H2,(H,15,16,17). The molecule has 5 aliphatic rings. The van der Waals surface area contributed by atoms with Crippen molar-refractivity contribution in [2.75, 3.05) is 58.9 Å². The van der Waals surface area contributed by atoms with E-state index in [2.05, 4.69) is 75.5 Å². The van der Waals surface area contributed by atoms with Gasteiger partial charge in [0.05, 0.1) is 47.2 Å². The number of carbonyl (C=O) groups excluding carboxylic acids is 6. The number of imidazole rings is 1. The van der Waals surface area contributed by atoms with Crippen molar-refractivity contribution in [1.82, 2.24) is 123 Å². The Morgan fingerprint density at radius 3 is 2.21 bits per heavy atom. The summed E-state index contributed by atoms with van der Waals surface area (Å²) < 4.78 is 26.8. The van der Waals surface area contributed by atoms with Crippen molar-refractivity contribution >= 4 is 52.1 Å². The van der Waals surface area contributed by atoms with Crippen molar-refractivity contribution in [3.8, 4) is 6.01 Å². The number of fused-ring (bicyclic) bond motifs is 2. The number of primary amides is 1. The van der Waals surface area contributed by atoms with E-state index in [1.807, 2.05) is 75.6 Å². The summed E-state index contributed by atoms with van der Waals surface area (Å²) in [6.45, 7) is 20.4. The number of benzene rings is 2. The zero-order valence-electron chi connectivity index (χ0n) is 68.0. The van der Waals surface area contributed by atoms with E-state index in [0.29, 0.717) is 124 Å². The number of amides is 6. The lowest BCUT2D eigenvalue weighted by Crippen LogP contribution is -2.57. The van der Waals surface area contributed by atoms with Crippen LogP contribution in [0.1, 0.15) is 177 Å². The Balaban J connectivity index is 0.000000137. The number of rotatable bonds is 20. The molecule has 38 heteroatoms. The number of halogens is 1. The number of pyridine rings is 1. The minimum absolute atomic E-state index is 0.0405. The lowest BCUT2D eigenvalue weighted by atomic mass is 9.95. The highest BCUT2D eigenvalue weighted by atomic mass is 19.1. The van der Waals surface area contributed by atoms with Crippen molar-refractivity contribution in [3.05, 3.63) is 217 Å². The molecule has 0 saturated carbocycles. The third-order valence-corrected chi connectivity index (χ3v) is 21.4. The molecule has 4 unspecified atom stereocenters. The number of likely N-dealkylation sites (tertiary alicyclic amines) is 4. The Hall–Kier alpha value is -12.9. The van der Waals surface area contributed by atoms with Gasteiger partial charge < -0.3 is 39.6 Å². The molecule has 5 aliphatic heterocycles. The number of aryl methyl sites for hydroxylation is 4. The van der Waals surface area contributed by atoms with Crippen LogP contribution in [0, 0.1) is 18.7 Å². The predicted molar refractivity (Wildman–Crippen MR) is 432 cm³/mol. The van der Waals surface area contributed by atoms with E-state index in [1.165, 1.54) is 62.3 Å². The van der Waals surface area contributed by atoms with Crippen LogP contribution in [0.5, 0.6) is 6.01 Å². The zero-order chi connectivity index (χ0) is 84.4. The molecule has 0 aliphatic carbocycles. The van der Waals surface area contributed by atoms with Crippen LogP contribution in [0.3, 0.4) is 0 Å². The first-order chi connectivity index (χ1) is 57.4. The van der Waals surface area contributed by atoms with Crippen LogP contribution < -0.4 is 27.3 Å². The predicted octanol–water partition coefficient (Wildman–Crippen LogP) is 5.60. The molecule has 2 aromatic carbocycles. The quantitative estimate of drug-likeness (QED) is 0.0721. The molecular weight excluding hydrogens is 1530 g/mol. The Morgan fingerprint density at radius 2 is 1.51 bits per heavy atom. The normalized spacial score (nSPS) is 17.4. The minimum Gasteiger partial charge on any atom is -0.460 e. The number of nitrogens with one attached hydrogen (secondary N) is 3. The number of aromatic amines is 3. The summed E-state index contributed by atoms with van der Waals surface area (Å²) in [7, 11) is 1.68. The van der Waals surface area contributed by atoms with Gasteiger partial charge in [0.2, 0.25) is 17.7 Å². The Morgan fingerprint density at radius 1 is 0.756 bits per heavy atom. The summed E-state index contributed by atoms with van der Waals surface area (Å²) in [5.41, 5.74) is 11.1. The number of nitrogens with two attached hydrogens (primary N) is 1. The van der Waals surface area contributed by atoms with Crippen LogP contribution in [0.15, 0.2) is 143 Å². The van der Waals surface area contributed by atoms with Gasteiger partial charge in [-0.2, -0.15) is 25.6 Å². The van der Waals surface area contributed by atoms with Crippen LogP contribution in [-0.4, -0.2) is 236 Å². The molecule has 5 saturated heterocycles. The maximum Gasteiger partial charge on any atom is 0.345 e. The number of hydrogen-bond acceptors (Lipinski definition) is 23. The molecule has 5 N–H and O–H groups in total. The maximum atomic E-state index is 13.5. The van der Waals surface area contributed by atoms with Crippen molar-refractivity contribution in [1.29, 1.82) is 0 Å². The third-order valence-electron chi connectivity index (χ3n) is 21.4. The molecule has 0 spiro atoms. The minimum atomic E-state index is -0.564. The molecule has 37 nitrogen and oxygen atoms in total. The Labute approximate surface area is 684 Å². The first-order valence-corrected chi connectivity index (χ1v) is 40.1. The number of H-pyrrole nitrogens is 3. The molecule has 119 heavy (non-hydrogen) atoms. The molecule has 0 bridgehead atoms. The number of hydrogen-bond donors (Lipinski definition) is 4. The molecular formula is C81H101FN26O11. The maximum absolute atomic E-state index is 13.5. The SMILES string of the molecule is CCc1ncc(C(=O)N2CCN(OC(C)C)C(=O)C2C)cn1.CCn1c(C2CCN(C(=O)C(C)n3cncn3)CC2)nn(C)c1=O.Cc1cc2nc(CN3CCCC3c3nc4ccc(F)cc4[nH]3)cc(=O)n2[nH]1.NC(=O)c1cccc(CC2CCN(C(=O)CCn3ccccc3=O)C2)c1.O=C(c1cn[nH]n1)N1CCC(Oc2ncccn2)CC1. The third kappa shape index (κ3) is 21.9. The van der Waals surface area contributed by atoms with E-state index in [-0.39, 0.29) is 82.4 Å². The average Bonchev–Trinajstić information content (AvgIpc) is 1.24. The fraction of sp³-hybridized carbons (Fsp3) is 0.457. The lowest BCUT2D eigenvalue weighted by molar-refractivity contribution is -0.212. The molecule has 11 aromatic rings. The van der Waals surface area contributed by atoms with E-state index in [1.54, 1.807) is 94.0 Å². The smallest absolute Gasteiger partial charge is 0.345 e. The van der Waals surface area contributed by atoms with Crippen molar-refractivity contribution in [2.45, 2.75) is 169 Å². The van der Waals surface area contributed by atoms with Crippen LogP contribution in [0.2, 0.25) is 0 Å². The Bertz CT molecular complexity index is 5440. The summed E-state index contributed by atoms with van der Waals surface area (Å²) in [5.74, 6) is 1.83. The molecule has 9 aromatic heterocycles. The largest absolute Gasteiger partial charge is 0.460 e. The fourth-order valence-electron chi connectivity index (χ4n) is 15.1. The summed E-state index contributed by atoms with van der Waals surface area (Å²) in [6, 6.07) is 21.7. The number of carbonyl (C=O) groups is 6. The molecule has 16 rings (SSSR count). The summed E-state index contributed by atoms with van der Waals surface area (Å²) >= 11 is 0. The van der Waals surface area contributed by atoms with Gasteiger partial charge in [-0.1, -0.05) is 25.1 Å². The van der Waals surface area contributed by atoms with Gasteiger partial charge in [0, 0.05) is 165 Å². The molecule has 6 amide bonds. The highest BCUT2D eigenvalue weighted by molar-refractivity contribution is 5.97. The number of ether oxygens (including phenoxy) is 1. The second kappa shape index (κ2) is 39.9. The molecule has 4 atom stereocenters. The second-order valence-electron chi connectivity index (χ2n) is 30.0. The highest BCUT2D eigenvalue weighted by Crippen LogP contribution is 2.34. The van der Waals surface area contributed by atoms with Gasteiger partial charge in [0.25, 0.3) is 28.8 Å². The van der Waals surface area contributed by atoms with Crippen LogP contribution in [0.4, 0.5) is 4.39 Å². The van der Waals surface area contributed by atoms with Gasteiger partial charge in [0.1, 0.15) is 54.1 Å². The Kier molecular flexibility index (Phi) is 28.6. The summed E-state index contributed by atoms with van der Waals surface area (Å²) in [4.78, 5) is 157. The van der Waals surface area contributed by atoms with Crippen molar-refractivity contribution < 1.29 is 42.7 Å². The van der Waals surface area contributed by atoms with Crippen molar-refractivity contribution in [3.63, 3.8) is 0 Å². The summed E-state index contributed by atoms with van der Waals surface area (Å²) in [5, 5.41) is 22.6. The van der Waals surface area contributed by atoms with E-state index >= 15 is 0 Å². The van der Waals surface area contributed by atoms with Crippen LogP contribution in [0.25, 0.3) is 16.7 Å². The number of hydroxylamine groups is 2.